The highest BCUT2D eigenvalue weighted by molar-refractivity contribution is 7.89. The molecule has 0 amide bonds. The van der Waals surface area contributed by atoms with Gasteiger partial charge in [-0.3, -0.25) is 0 Å². The van der Waals surface area contributed by atoms with E-state index in [0.717, 1.165) is 12.1 Å². The zero-order valence-corrected chi connectivity index (χ0v) is 12.7. The van der Waals surface area contributed by atoms with E-state index in [4.69, 9.17) is 4.74 Å². The fourth-order valence-electron chi connectivity index (χ4n) is 2.07. The first-order valence-corrected chi connectivity index (χ1v) is 8.21. The molecule has 20 heavy (non-hydrogen) atoms. The van der Waals surface area contributed by atoms with Gasteiger partial charge in [0.15, 0.2) is 5.03 Å². The van der Waals surface area contributed by atoms with E-state index in [-0.39, 0.29) is 5.03 Å². The topological polar surface area (TPSA) is 80.3 Å². The van der Waals surface area contributed by atoms with Crippen LogP contribution in [0.15, 0.2) is 23.4 Å². The highest BCUT2D eigenvalue weighted by atomic mass is 32.2. The molecule has 0 spiro atoms. The molecule has 0 bridgehead atoms. The van der Waals surface area contributed by atoms with Gasteiger partial charge in [-0.25, -0.2) is 18.1 Å². The number of nitrogens with one attached hydrogen (secondary N) is 2. The van der Waals surface area contributed by atoms with E-state index in [1.807, 2.05) is 13.8 Å². The lowest BCUT2D eigenvalue weighted by Crippen LogP contribution is -2.46. The van der Waals surface area contributed by atoms with Crippen molar-refractivity contribution in [1.82, 2.24) is 15.0 Å². The Balaban J connectivity index is 2.09. The average Bonchev–Trinajstić information content (AvgIpc) is 2.82. The number of sulfonamides is 1. The minimum atomic E-state index is -3.60. The molecule has 112 valence electrons. The molecule has 1 aromatic rings. The Hall–Kier alpha value is -1.02. The summed E-state index contributed by atoms with van der Waals surface area (Å²) in [6, 6.07) is 3.31. The van der Waals surface area contributed by atoms with E-state index >= 15 is 0 Å². The standard InChI is InChI=1S/C13H21N3O3S/c1-3-14-8-11-4-5-12(15-9-11)20(17,18)16-13(2)6-7-19-10-13/h4-5,9,14,16H,3,6-8,10H2,1-2H3. The summed E-state index contributed by atoms with van der Waals surface area (Å²) in [5.41, 5.74) is 0.421. The molecule has 1 aliphatic rings. The van der Waals surface area contributed by atoms with Gasteiger partial charge in [0.25, 0.3) is 10.0 Å². The largest absolute Gasteiger partial charge is 0.379 e. The van der Waals surface area contributed by atoms with Crippen LogP contribution >= 0.6 is 0 Å². The molecular weight excluding hydrogens is 278 g/mol. The van der Waals surface area contributed by atoms with Crippen LogP contribution in [0.5, 0.6) is 0 Å². The van der Waals surface area contributed by atoms with Crippen LogP contribution in [0.1, 0.15) is 25.8 Å². The second-order valence-corrected chi connectivity index (χ2v) is 6.88. The fraction of sp³-hybridized carbons (Fsp3) is 0.615. The monoisotopic (exact) mass is 299 g/mol. The Morgan fingerprint density at radius 2 is 2.25 bits per heavy atom. The smallest absolute Gasteiger partial charge is 0.258 e. The Morgan fingerprint density at radius 1 is 1.45 bits per heavy atom. The van der Waals surface area contributed by atoms with Gasteiger partial charge in [-0.05, 0) is 31.5 Å². The van der Waals surface area contributed by atoms with Gasteiger partial charge in [0.1, 0.15) is 0 Å². The molecular formula is C13H21N3O3S. The van der Waals surface area contributed by atoms with E-state index in [1.165, 1.54) is 6.07 Å². The van der Waals surface area contributed by atoms with Gasteiger partial charge >= 0.3 is 0 Å². The fourth-order valence-corrected chi connectivity index (χ4v) is 3.42. The number of hydrogen-bond donors (Lipinski definition) is 2. The van der Waals surface area contributed by atoms with E-state index in [2.05, 4.69) is 15.0 Å². The predicted octanol–water partition coefficient (Wildman–Crippen LogP) is 0.648. The van der Waals surface area contributed by atoms with Crippen LogP contribution < -0.4 is 10.0 Å². The third-order valence-electron chi connectivity index (χ3n) is 3.25. The zero-order chi connectivity index (χ0) is 14.6. The van der Waals surface area contributed by atoms with Crippen molar-refractivity contribution in [3.8, 4) is 0 Å². The summed E-state index contributed by atoms with van der Waals surface area (Å²) in [7, 11) is -3.60. The highest BCUT2D eigenvalue weighted by Gasteiger charge is 2.34. The number of ether oxygens (including phenoxy) is 1. The van der Waals surface area contributed by atoms with Crippen molar-refractivity contribution in [2.45, 2.75) is 37.4 Å². The van der Waals surface area contributed by atoms with Gasteiger partial charge in [0.05, 0.1) is 12.1 Å². The third-order valence-corrected chi connectivity index (χ3v) is 4.81. The van der Waals surface area contributed by atoms with Crippen LogP contribution in [0.4, 0.5) is 0 Å². The summed E-state index contributed by atoms with van der Waals surface area (Å²) in [5, 5.41) is 3.21. The van der Waals surface area contributed by atoms with Gasteiger partial charge in [0.2, 0.25) is 0 Å². The Morgan fingerprint density at radius 3 is 2.80 bits per heavy atom. The van der Waals surface area contributed by atoms with Crippen molar-refractivity contribution in [1.29, 1.82) is 0 Å². The molecule has 2 N–H and O–H groups in total. The van der Waals surface area contributed by atoms with Crippen LogP contribution in [-0.2, 0) is 21.3 Å². The first-order valence-electron chi connectivity index (χ1n) is 6.72. The third kappa shape index (κ3) is 3.76. The second kappa shape index (κ2) is 6.17. The quantitative estimate of drug-likeness (QED) is 0.806. The van der Waals surface area contributed by atoms with E-state index < -0.39 is 15.6 Å². The summed E-state index contributed by atoms with van der Waals surface area (Å²) >= 11 is 0. The number of nitrogens with zero attached hydrogens (tertiary/aromatic N) is 1. The Bertz CT molecular complexity index is 536. The molecule has 0 aromatic carbocycles. The Kier molecular flexibility index (Phi) is 4.74. The van der Waals surface area contributed by atoms with Gasteiger partial charge in [-0.1, -0.05) is 13.0 Å². The van der Waals surface area contributed by atoms with E-state index in [1.54, 1.807) is 12.3 Å². The van der Waals surface area contributed by atoms with Gasteiger partial charge in [-0.15, -0.1) is 0 Å². The molecule has 2 rings (SSSR count). The van der Waals surface area contributed by atoms with Crippen LogP contribution in [0.2, 0.25) is 0 Å². The first kappa shape index (κ1) is 15.4. The summed E-state index contributed by atoms with van der Waals surface area (Å²) in [5.74, 6) is 0. The van der Waals surface area contributed by atoms with Crippen molar-refractivity contribution in [3.05, 3.63) is 23.9 Å². The molecule has 1 unspecified atom stereocenters. The number of pyridine rings is 1. The molecule has 0 saturated carbocycles. The highest BCUT2D eigenvalue weighted by Crippen LogP contribution is 2.20. The van der Waals surface area contributed by atoms with Crippen molar-refractivity contribution < 1.29 is 13.2 Å². The summed E-state index contributed by atoms with van der Waals surface area (Å²) in [6.45, 7) is 6.37. The molecule has 0 radical (unpaired) electrons. The summed E-state index contributed by atoms with van der Waals surface area (Å²) in [4.78, 5) is 4.05. The van der Waals surface area contributed by atoms with Crippen molar-refractivity contribution in [2.75, 3.05) is 19.8 Å². The molecule has 2 heterocycles. The van der Waals surface area contributed by atoms with Crippen molar-refractivity contribution >= 4 is 10.0 Å². The molecule has 1 aromatic heterocycles. The minimum absolute atomic E-state index is 0.0471. The zero-order valence-electron chi connectivity index (χ0n) is 11.8. The molecule has 7 heteroatoms. The second-order valence-electron chi connectivity index (χ2n) is 5.25. The minimum Gasteiger partial charge on any atom is -0.379 e. The van der Waals surface area contributed by atoms with Crippen molar-refractivity contribution in [2.24, 2.45) is 0 Å². The molecule has 1 atom stereocenters. The lowest BCUT2D eigenvalue weighted by molar-refractivity contribution is 0.178. The average molecular weight is 299 g/mol. The number of aromatic nitrogens is 1. The van der Waals surface area contributed by atoms with Crippen molar-refractivity contribution in [3.63, 3.8) is 0 Å². The molecule has 6 nitrogen and oxygen atoms in total. The van der Waals surface area contributed by atoms with Gasteiger partial charge in [0, 0.05) is 19.3 Å². The SMILES string of the molecule is CCNCc1ccc(S(=O)(=O)NC2(C)CCOC2)nc1. The molecule has 1 fully saturated rings. The van der Waals surface area contributed by atoms with Crippen LogP contribution in [0.3, 0.4) is 0 Å². The summed E-state index contributed by atoms with van der Waals surface area (Å²) in [6.07, 6.45) is 2.26. The van der Waals surface area contributed by atoms with Crippen LogP contribution in [0, 0.1) is 0 Å². The lowest BCUT2D eigenvalue weighted by Gasteiger charge is -2.22. The normalized spacial score (nSPS) is 23.1. The molecule has 1 aliphatic heterocycles. The maximum atomic E-state index is 12.3. The van der Waals surface area contributed by atoms with E-state index in [9.17, 15) is 8.42 Å². The van der Waals surface area contributed by atoms with Crippen LogP contribution in [0.25, 0.3) is 0 Å². The first-order chi connectivity index (χ1) is 9.45. The van der Waals surface area contributed by atoms with Crippen LogP contribution in [-0.4, -0.2) is 38.7 Å². The van der Waals surface area contributed by atoms with Gasteiger partial charge in [-0.2, -0.15) is 0 Å². The Labute approximate surface area is 120 Å². The molecule has 0 aliphatic carbocycles. The lowest BCUT2D eigenvalue weighted by atomic mass is 10.0. The predicted molar refractivity (Wildman–Crippen MR) is 75.8 cm³/mol. The summed E-state index contributed by atoms with van der Waals surface area (Å²) < 4.78 is 32.5. The van der Waals surface area contributed by atoms with E-state index in [0.29, 0.717) is 26.2 Å². The number of hydrogen-bond acceptors (Lipinski definition) is 5. The maximum absolute atomic E-state index is 12.3. The van der Waals surface area contributed by atoms with Gasteiger partial charge < -0.3 is 10.1 Å². The number of rotatable bonds is 6. The maximum Gasteiger partial charge on any atom is 0.258 e. The molecule has 1 saturated heterocycles.